The zero-order chi connectivity index (χ0) is 8.10. The molecule has 1 unspecified atom stereocenters. The molecule has 1 rings (SSSR count). The van der Waals surface area contributed by atoms with E-state index in [1.807, 2.05) is 0 Å². The maximum absolute atomic E-state index is 4.56. The van der Waals surface area contributed by atoms with E-state index in [-0.39, 0.29) is 0 Å². The minimum atomic E-state index is 0.507. The van der Waals surface area contributed by atoms with Gasteiger partial charge in [0.1, 0.15) is 0 Å². The maximum atomic E-state index is 4.56. The molecule has 3 nitrogen and oxygen atoms in total. The summed E-state index contributed by atoms with van der Waals surface area (Å²) < 4.78 is 0. The Hall–Kier alpha value is -0.120. The van der Waals surface area contributed by atoms with Crippen molar-refractivity contribution in [1.82, 2.24) is 15.5 Å². The lowest BCUT2D eigenvalue weighted by Crippen LogP contribution is -2.39. The third-order valence-electron chi connectivity index (χ3n) is 1.85. The highest BCUT2D eigenvalue weighted by atomic mass is 15.1. The van der Waals surface area contributed by atoms with E-state index in [1.54, 1.807) is 0 Å². The SMILES string of the molecule is CN(C)CC1CNCCC[N]1. The largest absolute Gasteiger partial charge is 0.315 e. The van der Waals surface area contributed by atoms with Gasteiger partial charge in [-0.15, -0.1) is 0 Å². The Morgan fingerprint density at radius 3 is 3.09 bits per heavy atom. The summed E-state index contributed by atoms with van der Waals surface area (Å²) in [6, 6.07) is 0.507. The number of nitrogens with one attached hydrogen (secondary N) is 1. The molecule has 0 amide bonds. The van der Waals surface area contributed by atoms with Crippen molar-refractivity contribution in [2.24, 2.45) is 0 Å². The second-order valence-electron chi connectivity index (χ2n) is 3.38. The van der Waals surface area contributed by atoms with Crippen LogP contribution in [0.25, 0.3) is 0 Å². The molecule has 0 aromatic carbocycles. The standard InChI is InChI=1S/C8H18N3/c1-11(2)7-8-6-9-4-3-5-10-8/h8-9H,3-7H2,1-2H3. The summed E-state index contributed by atoms with van der Waals surface area (Å²) in [6.45, 7) is 4.30. The Morgan fingerprint density at radius 1 is 1.55 bits per heavy atom. The molecule has 0 spiro atoms. The van der Waals surface area contributed by atoms with Gasteiger partial charge in [0.05, 0.1) is 0 Å². The van der Waals surface area contributed by atoms with Crippen LogP contribution in [0.2, 0.25) is 0 Å². The van der Waals surface area contributed by atoms with Crippen LogP contribution in [0.1, 0.15) is 6.42 Å². The Bertz CT molecular complexity index is 95.5. The summed E-state index contributed by atoms with van der Waals surface area (Å²) in [6.07, 6.45) is 1.20. The van der Waals surface area contributed by atoms with E-state index in [4.69, 9.17) is 0 Å². The third kappa shape index (κ3) is 3.70. The molecule has 11 heavy (non-hydrogen) atoms. The molecule has 65 valence electrons. The van der Waals surface area contributed by atoms with Crippen molar-refractivity contribution in [3.63, 3.8) is 0 Å². The van der Waals surface area contributed by atoms with Gasteiger partial charge < -0.3 is 10.2 Å². The quantitative estimate of drug-likeness (QED) is 0.585. The number of hydrogen-bond acceptors (Lipinski definition) is 2. The summed E-state index contributed by atoms with van der Waals surface area (Å²) in [5.41, 5.74) is 0. The van der Waals surface area contributed by atoms with Crippen molar-refractivity contribution in [1.29, 1.82) is 0 Å². The molecule has 1 atom stereocenters. The highest BCUT2D eigenvalue weighted by Gasteiger charge is 2.11. The van der Waals surface area contributed by atoms with E-state index in [0.717, 1.165) is 26.2 Å². The zero-order valence-electron chi connectivity index (χ0n) is 7.51. The summed E-state index contributed by atoms with van der Waals surface area (Å²) in [5.74, 6) is 0. The van der Waals surface area contributed by atoms with E-state index in [0.29, 0.717) is 6.04 Å². The van der Waals surface area contributed by atoms with E-state index in [2.05, 4.69) is 29.6 Å². The summed E-state index contributed by atoms with van der Waals surface area (Å²) in [4.78, 5) is 2.20. The predicted octanol–water partition coefficient (Wildman–Crippen LogP) is -0.486. The van der Waals surface area contributed by atoms with E-state index in [1.165, 1.54) is 6.42 Å². The molecule has 0 bridgehead atoms. The lowest BCUT2D eigenvalue weighted by atomic mass is 10.3. The number of nitrogens with zero attached hydrogens (tertiary/aromatic N) is 2. The first-order chi connectivity index (χ1) is 5.29. The van der Waals surface area contributed by atoms with Crippen LogP contribution >= 0.6 is 0 Å². The second kappa shape index (κ2) is 4.70. The van der Waals surface area contributed by atoms with Crippen LogP contribution in [-0.2, 0) is 0 Å². The lowest BCUT2D eigenvalue weighted by Gasteiger charge is -2.18. The van der Waals surface area contributed by atoms with E-state index >= 15 is 0 Å². The molecule has 0 aromatic heterocycles. The predicted molar refractivity (Wildman–Crippen MR) is 46.8 cm³/mol. The van der Waals surface area contributed by atoms with Crippen LogP contribution in [0.5, 0.6) is 0 Å². The third-order valence-corrected chi connectivity index (χ3v) is 1.85. The molecule has 0 aromatic rings. The monoisotopic (exact) mass is 156 g/mol. The number of rotatable bonds is 2. The number of likely N-dealkylation sites (N-methyl/N-ethyl adjacent to an activating group) is 1. The fraction of sp³-hybridized carbons (Fsp3) is 1.00. The minimum absolute atomic E-state index is 0.507. The van der Waals surface area contributed by atoms with Crippen molar-refractivity contribution >= 4 is 0 Å². The van der Waals surface area contributed by atoms with Crippen molar-refractivity contribution in [2.45, 2.75) is 12.5 Å². The first kappa shape index (κ1) is 8.97. The summed E-state index contributed by atoms with van der Waals surface area (Å²) in [7, 11) is 4.20. The molecule has 1 aliphatic heterocycles. The highest BCUT2D eigenvalue weighted by molar-refractivity contribution is 4.74. The molecule has 0 aliphatic carbocycles. The Kier molecular flexibility index (Phi) is 3.83. The van der Waals surface area contributed by atoms with Crippen LogP contribution in [0.3, 0.4) is 0 Å². The molecule has 0 saturated carbocycles. The fourth-order valence-corrected chi connectivity index (χ4v) is 1.35. The molecule has 1 heterocycles. The Balaban J connectivity index is 2.20. The lowest BCUT2D eigenvalue weighted by molar-refractivity contribution is 0.338. The van der Waals surface area contributed by atoms with Crippen molar-refractivity contribution in [3.05, 3.63) is 0 Å². The number of hydrogen-bond donors (Lipinski definition) is 1. The molecular formula is C8H18N3. The molecule has 1 aliphatic rings. The van der Waals surface area contributed by atoms with Gasteiger partial charge in [-0.1, -0.05) is 0 Å². The van der Waals surface area contributed by atoms with Gasteiger partial charge in [-0.2, -0.15) is 0 Å². The first-order valence-corrected chi connectivity index (χ1v) is 4.31. The summed E-state index contributed by atoms with van der Waals surface area (Å²) in [5, 5.41) is 7.94. The molecule has 3 heteroatoms. The maximum Gasteiger partial charge on any atom is 0.0497 e. The van der Waals surface area contributed by atoms with Gasteiger partial charge in [0, 0.05) is 25.7 Å². The highest BCUT2D eigenvalue weighted by Crippen LogP contribution is 1.92. The summed E-state index contributed by atoms with van der Waals surface area (Å²) >= 11 is 0. The second-order valence-corrected chi connectivity index (χ2v) is 3.38. The topological polar surface area (TPSA) is 29.4 Å². The van der Waals surface area contributed by atoms with Crippen molar-refractivity contribution in [3.8, 4) is 0 Å². The first-order valence-electron chi connectivity index (χ1n) is 4.31. The normalized spacial score (nSPS) is 27.0. The van der Waals surface area contributed by atoms with Crippen LogP contribution in [0, 0.1) is 0 Å². The average molecular weight is 156 g/mol. The van der Waals surface area contributed by atoms with Gasteiger partial charge in [-0.05, 0) is 27.1 Å². The fourth-order valence-electron chi connectivity index (χ4n) is 1.35. The van der Waals surface area contributed by atoms with Gasteiger partial charge in [-0.3, -0.25) is 0 Å². The van der Waals surface area contributed by atoms with Crippen LogP contribution in [-0.4, -0.2) is 51.2 Å². The van der Waals surface area contributed by atoms with Crippen LogP contribution in [0.15, 0.2) is 0 Å². The zero-order valence-corrected chi connectivity index (χ0v) is 7.51. The van der Waals surface area contributed by atoms with Gasteiger partial charge in [0.15, 0.2) is 0 Å². The molecule has 1 fully saturated rings. The molecule has 1 saturated heterocycles. The van der Waals surface area contributed by atoms with Crippen LogP contribution < -0.4 is 10.6 Å². The van der Waals surface area contributed by atoms with Gasteiger partial charge >= 0.3 is 0 Å². The van der Waals surface area contributed by atoms with Gasteiger partial charge in [0.2, 0.25) is 0 Å². The minimum Gasteiger partial charge on any atom is -0.315 e. The van der Waals surface area contributed by atoms with Gasteiger partial charge in [-0.25, -0.2) is 5.32 Å². The average Bonchev–Trinajstić information content (AvgIpc) is 2.14. The Labute approximate surface area is 69.1 Å². The van der Waals surface area contributed by atoms with Crippen molar-refractivity contribution < 1.29 is 0 Å². The van der Waals surface area contributed by atoms with Crippen LogP contribution in [0.4, 0.5) is 0 Å². The van der Waals surface area contributed by atoms with E-state index in [9.17, 15) is 0 Å². The van der Waals surface area contributed by atoms with E-state index < -0.39 is 0 Å². The van der Waals surface area contributed by atoms with Crippen molar-refractivity contribution in [2.75, 3.05) is 40.3 Å². The van der Waals surface area contributed by atoms with Gasteiger partial charge in [0.25, 0.3) is 0 Å². The molecule has 1 N–H and O–H groups in total. The Morgan fingerprint density at radius 2 is 2.36 bits per heavy atom. The smallest absolute Gasteiger partial charge is 0.0497 e. The molecule has 1 radical (unpaired) electrons. The molecular weight excluding hydrogens is 138 g/mol.